The summed E-state index contributed by atoms with van der Waals surface area (Å²) in [5.74, 6) is 3.78. The topological polar surface area (TPSA) is 21.3 Å². The molecule has 0 aromatic carbocycles. The molecule has 0 aromatic heterocycles. The van der Waals surface area contributed by atoms with Crippen LogP contribution in [0, 0.1) is 0 Å². The van der Waals surface area contributed by atoms with Gasteiger partial charge in [0.25, 0.3) is 0 Å². The monoisotopic (exact) mass is 275 g/mol. The number of thioether (sulfide) groups is 2. The number of hydrogen-bond donors (Lipinski definition) is 1. The first-order chi connectivity index (χ1) is 8.24. The highest BCUT2D eigenvalue weighted by Gasteiger charge is 2.38. The van der Waals surface area contributed by atoms with Gasteiger partial charge in [-0.2, -0.15) is 23.5 Å². The van der Waals surface area contributed by atoms with E-state index in [4.69, 9.17) is 4.74 Å². The highest BCUT2D eigenvalue weighted by Crippen LogP contribution is 2.37. The molecule has 2 aliphatic heterocycles. The summed E-state index contributed by atoms with van der Waals surface area (Å²) in [5, 5.41) is 3.78. The number of rotatable bonds is 4. The first kappa shape index (κ1) is 14.0. The van der Waals surface area contributed by atoms with Crippen molar-refractivity contribution < 1.29 is 4.74 Å². The van der Waals surface area contributed by atoms with Gasteiger partial charge in [0.1, 0.15) is 0 Å². The summed E-state index contributed by atoms with van der Waals surface area (Å²) in [5.41, 5.74) is 0.222. The lowest BCUT2D eigenvalue weighted by Gasteiger charge is -2.44. The smallest absolute Gasteiger partial charge is 0.0713 e. The maximum Gasteiger partial charge on any atom is 0.0713 e. The predicted octanol–water partition coefficient (Wildman–Crippen LogP) is 2.77. The second-order valence-electron chi connectivity index (χ2n) is 5.36. The summed E-state index contributed by atoms with van der Waals surface area (Å²) in [6, 6.07) is 1.30. The SMILES string of the molecule is CSCC(C)NC1CCOC2(CCSCC2)C1. The van der Waals surface area contributed by atoms with Crippen molar-refractivity contribution in [2.24, 2.45) is 0 Å². The van der Waals surface area contributed by atoms with Gasteiger partial charge in [-0.25, -0.2) is 0 Å². The Labute approximate surface area is 114 Å². The van der Waals surface area contributed by atoms with Crippen LogP contribution in [0.4, 0.5) is 0 Å². The van der Waals surface area contributed by atoms with Gasteiger partial charge in [-0.05, 0) is 50.4 Å². The summed E-state index contributed by atoms with van der Waals surface area (Å²) < 4.78 is 6.12. The van der Waals surface area contributed by atoms with E-state index in [9.17, 15) is 0 Å². The van der Waals surface area contributed by atoms with Gasteiger partial charge in [-0.15, -0.1) is 0 Å². The van der Waals surface area contributed by atoms with E-state index in [2.05, 4.69) is 30.3 Å². The van der Waals surface area contributed by atoms with Crippen molar-refractivity contribution in [1.29, 1.82) is 0 Å². The van der Waals surface area contributed by atoms with Crippen molar-refractivity contribution in [3.05, 3.63) is 0 Å². The molecule has 2 saturated heterocycles. The first-order valence-electron chi connectivity index (χ1n) is 6.71. The quantitative estimate of drug-likeness (QED) is 0.851. The van der Waals surface area contributed by atoms with Crippen molar-refractivity contribution in [2.45, 2.75) is 50.3 Å². The summed E-state index contributed by atoms with van der Waals surface area (Å²) in [6.07, 6.45) is 7.11. The Morgan fingerprint density at radius 1 is 1.47 bits per heavy atom. The third kappa shape index (κ3) is 4.05. The molecular formula is C13H25NOS2. The van der Waals surface area contributed by atoms with Crippen LogP contribution in [0.15, 0.2) is 0 Å². The summed E-state index contributed by atoms with van der Waals surface area (Å²) in [7, 11) is 0. The molecule has 1 N–H and O–H groups in total. The molecule has 0 radical (unpaired) electrons. The zero-order chi connectivity index (χ0) is 12.1. The van der Waals surface area contributed by atoms with Crippen LogP contribution in [0.3, 0.4) is 0 Å². The van der Waals surface area contributed by atoms with Crippen molar-refractivity contribution in [3.8, 4) is 0 Å². The molecule has 2 atom stereocenters. The molecule has 2 unspecified atom stereocenters. The van der Waals surface area contributed by atoms with Gasteiger partial charge in [0.15, 0.2) is 0 Å². The summed E-state index contributed by atoms with van der Waals surface area (Å²) in [4.78, 5) is 0. The average Bonchev–Trinajstić information content (AvgIpc) is 2.30. The molecule has 2 fully saturated rings. The maximum atomic E-state index is 6.12. The van der Waals surface area contributed by atoms with Gasteiger partial charge in [0.05, 0.1) is 5.60 Å². The fourth-order valence-corrected chi connectivity index (χ4v) is 4.80. The zero-order valence-electron chi connectivity index (χ0n) is 11.0. The van der Waals surface area contributed by atoms with Crippen LogP contribution in [0.2, 0.25) is 0 Å². The second-order valence-corrected chi connectivity index (χ2v) is 7.49. The van der Waals surface area contributed by atoms with E-state index in [1.54, 1.807) is 0 Å². The molecule has 0 amide bonds. The largest absolute Gasteiger partial charge is 0.375 e. The Hall–Kier alpha value is 0.620. The lowest BCUT2D eigenvalue weighted by Crippen LogP contribution is -2.51. The van der Waals surface area contributed by atoms with Crippen LogP contribution < -0.4 is 5.32 Å². The molecule has 2 nitrogen and oxygen atoms in total. The Morgan fingerprint density at radius 3 is 2.94 bits per heavy atom. The number of hydrogen-bond acceptors (Lipinski definition) is 4. The molecule has 0 aliphatic carbocycles. The Kier molecular flexibility index (Phi) is 5.52. The Morgan fingerprint density at radius 2 is 2.24 bits per heavy atom. The van der Waals surface area contributed by atoms with Gasteiger partial charge in [0.2, 0.25) is 0 Å². The normalized spacial score (nSPS) is 30.4. The minimum Gasteiger partial charge on any atom is -0.375 e. The molecule has 0 saturated carbocycles. The molecule has 2 aliphatic rings. The number of nitrogens with one attached hydrogen (secondary N) is 1. The van der Waals surface area contributed by atoms with Crippen LogP contribution in [0.1, 0.15) is 32.6 Å². The molecule has 0 aromatic rings. The highest BCUT2D eigenvalue weighted by molar-refractivity contribution is 7.99. The fourth-order valence-electron chi connectivity index (χ4n) is 2.96. The van der Waals surface area contributed by atoms with E-state index in [1.165, 1.54) is 42.9 Å². The standard InChI is InChI=1S/C13H25NOS2/c1-11(10-16-2)14-12-3-6-15-13(9-12)4-7-17-8-5-13/h11-12,14H,3-10H2,1-2H3. The van der Waals surface area contributed by atoms with E-state index >= 15 is 0 Å². The number of ether oxygens (including phenoxy) is 1. The van der Waals surface area contributed by atoms with Gasteiger partial charge in [0, 0.05) is 24.4 Å². The van der Waals surface area contributed by atoms with Gasteiger partial charge >= 0.3 is 0 Å². The van der Waals surface area contributed by atoms with Crippen molar-refractivity contribution in [3.63, 3.8) is 0 Å². The van der Waals surface area contributed by atoms with E-state index in [1.807, 2.05) is 11.8 Å². The van der Waals surface area contributed by atoms with E-state index in [0.717, 1.165) is 6.61 Å². The first-order valence-corrected chi connectivity index (χ1v) is 9.26. The molecule has 0 bridgehead atoms. The highest BCUT2D eigenvalue weighted by atomic mass is 32.2. The molecule has 1 spiro atoms. The van der Waals surface area contributed by atoms with Crippen LogP contribution in [-0.4, -0.2) is 47.8 Å². The predicted molar refractivity (Wildman–Crippen MR) is 79.2 cm³/mol. The third-order valence-corrected chi connectivity index (χ3v) is 5.65. The van der Waals surface area contributed by atoms with Gasteiger partial charge < -0.3 is 10.1 Å². The maximum absolute atomic E-state index is 6.12. The lowest BCUT2D eigenvalue weighted by atomic mass is 9.85. The third-order valence-electron chi connectivity index (χ3n) is 3.83. The summed E-state index contributed by atoms with van der Waals surface area (Å²) in [6.45, 7) is 3.25. The van der Waals surface area contributed by atoms with E-state index in [-0.39, 0.29) is 5.60 Å². The summed E-state index contributed by atoms with van der Waals surface area (Å²) >= 11 is 4.01. The minimum atomic E-state index is 0.222. The molecule has 2 heterocycles. The zero-order valence-corrected chi connectivity index (χ0v) is 12.7. The minimum absolute atomic E-state index is 0.222. The molecule has 17 heavy (non-hydrogen) atoms. The van der Waals surface area contributed by atoms with E-state index < -0.39 is 0 Å². The van der Waals surface area contributed by atoms with Crippen LogP contribution >= 0.6 is 23.5 Å². The lowest BCUT2D eigenvalue weighted by molar-refractivity contribution is -0.0938. The Balaban J connectivity index is 1.83. The fraction of sp³-hybridized carbons (Fsp3) is 1.00. The van der Waals surface area contributed by atoms with E-state index in [0.29, 0.717) is 12.1 Å². The van der Waals surface area contributed by atoms with Crippen LogP contribution in [0.25, 0.3) is 0 Å². The molecule has 2 rings (SSSR count). The van der Waals surface area contributed by atoms with Crippen molar-refractivity contribution >= 4 is 23.5 Å². The molecule has 4 heteroatoms. The van der Waals surface area contributed by atoms with Gasteiger partial charge in [-0.1, -0.05) is 0 Å². The average molecular weight is 275 g/mol. The van der Waals surface area contributed by atoms with Crippen LogP contribution in [0.5, 0.6) is 0 Å². The van der Waals surface area contributed by atoms with Gasteiger partial charge in [-0.3, -0.25) is 0 Å². The molecular weight excluding hydrogens is 250 g/mol. The van der Waals surface area contributed by atoms with Crippen molar-refractivity contribution in [1.82, 2.24) is 5.32 Å². The Bertz CT molecular complexity index is 226. The molecule has 100 valence electrons. The second kappa shape index (κ2) is 6.69. The van der Waals surface area contributed by atoms with Crippen molar-refractivity contribution in [2.75, 3.05) is 30.1 Å². The van der Waals surface area contributed by atoms with Crippen LogP contribution in [-0.2, 0) is 4.74 Å².